The lowest BCUT2D eigenvalue weighted by molar-refractivity contribution is 0.103. The molecular weight excluding hydrogens is 413 g/mol. The first kappa shape index (κ1) is 18.8. The number of fused-ring (bicyclic) bond motifs is 1. The van der Waals surface area contributed by atoms with Crippen molar-refractivity contribution in [2.24, 2.45) is 0 Å². The van der Waals surface area contributed by atoms with Gasteiger partial charge in [0.25, 0.3) is 5.91 Å². The van der Waals surface area contributed by atoms with Crippen molar-refractivity contribution in [2.75, 3.05) is 5.32 Å². The van der Waals surface area contributed by atoms with Crippen molar-refractivity contribution in [3.8, 4) is 5.75 Å². The molecule has 1 N–H and O–H groups in total. The minimum atomic E-state index is -0.230. The van der Waals surface area contributed by atoms with Gasteiger partial charge in [-0.25, -0.2) is 0 Å². The average molecular weight is 428 g/mol. The van der Waals surface area contributed by atoms with Gasteiger partial charge in [-0.2, -0.15) is 0 Å². The second-order valence-corrected chi connectivity index (χ2v) is 7.87. The van der Waals surface area contributed by atoms with E-state index < -0.39 is 0 Å². The van der Waals surface area contributed by atoms with Gasteiger partial charge in [0.1, 0.15) is 12.4 Å². The van der Waals surface area contributed by atoms with Crippen LogP contribution in [0.25, 0.3) is 10.8 Å². The fraction of sp³-hybridized carbons (Fsp3) is 0.0455. The largest absolute Gasteiger partial charge is 0.489 e. The van der Waals surface area contributed by atoms with Crippen molar-refractivity contribution in [1.29, 1.82) is 0 Å². The third kappa shape index (κ3) is 4.14. The predicted molar refractivity (Wildman–Crippen MR) is 117 cm³/mol. The zero-order valence-corrected chi connectivity index (χ0v) is 16.9. The molecule has 1 aromatic heterocycles. The van der Waals surface area contributed by atoms with Crippen molar-refractivity contribution < 1.29 is 9.53 Å². The van der Waals surface area contributed by atoms with Gasteiger partial charge >= 0.3 is 0 Å². The minimum absolute atomic E-state index is 0.230. The fourth-order valence-corrected chi connectivity index (χ4v) is 3.92. The van der Waals surface area contributed by atoms with Gasteiger partial charge in [0.2, 0.25) is 0 Å². The lowest BCUT2D eigenvalue weighted by Gasteiger charge is -2.07. The zero-order valence-electron chi connectivity index (χ0n) is 14.6. The van der Waals surface area contributed by atoms with Gasteiger partial charge in [-0.1, -0.05) is 59.6 Å². The molecule has 3 aromatic carbocycles. The Morgan fingerprint density at radius 2 is 1.79 bits per heavy atom. The summed E-state index contributed by atoms with van der Waals surface area (Å²) in [7, 11) is 0. The number of rotatable bonds is 5. The van der Waals surface area contributed by atoms with Gasteiger partial charge in [0.05, 0.1) is 20.6 Å². The summed E-state index contributed by atoms with van der Waals surface area (Å²) < 4.78 is 5.88. The molecule has 140 valence electrons. The molecule has 3 nitrogen and oxygen atoms in total. The maximum Gasteiger partial charge on any atom is 0.265 e. The number of hydrogen-bond donors (Lipinski definition) is 1. The van der Waals surface area contributed by atoms with Crippen LogP contribution in [-0.4, -0.2) is 5.91 Å². The Labute approximate surface area is 176 Å². The number of nitrogens with one attached hydrogen (secondary N) is 1. The average Bonchev–Trinajstić information content (AvgIpc) is 3.19. The number of benzene rings is 3. The van der Waals surface area contributed by atoms with Crippen LogP contribution in [-0.2, 0) is 6.61 Å². The van der Waals surface area contributed by atoms with E-state index in [0.717, 1.165) is 16.7 Å². The predicted octanol–water partition coefficient (Wildman–Crippen LogP) is 7.04. The SMILES string of the molecule is O=C(Nc1cccc(Cl)c1Cl)c1cc(COc2ccc3ccccc3c2)cs1. The van der Waals surface area contributed by atoms with Gasteiger partial charge < -0.3 is 10.1 Å². The van der Waals surface area contributed by atoms with Crippen LogP contribution in [0.4, 0.5) is 5.69 Å². The Kier molecular flexibility index (Phi) is 5.53. The molecule has 0 aliphatic carbocycles. The van der Waals surface area contributed by atoms with Crippen LogP contribution in [0.3, 0.4) is 0 Å². The molecule has 0 saturated heterocycles. The molecule has 0 saturated carbocycles. The van der Waals surface area contributed by atoms with Crippen LogP contribution in [0.5, 0.6) is 5.75 Å². The summed E-state index contributed by atoms with van der Waals surface area (Å²) in [5.41, 5.74) is 1.42. The molecular formula is C22H15Cl2NO2S. The van der Waals surface area contributed by atoms with Gasteiger partial charge in [0.15, 0.2) is 0 Å². The number of thiophene rings is 1. The Hall–Kier alpha value is -2.53. The summed E-state index contributed by atoms with van der Waals surface area (Å²) in [5.74, 6) is 0.563. The molecule has 4 rings (SSSR count). The molecule has 0 aliphatic heterocycles. The highest BCUT2D eigenvalue weighted by atomic mass is 35.5. The molecule has 0 radical (unpaired) electrons. The van der Waals surface area contributed by atoms with Crippen molar-refractivity contribution >= 4 is 56.9 Å². The fourth-order valence-electron chi connectivity index (χ4n) is 2.78. The van der Waals surface area contributed by atoms with Crippen LogP contribution in [0, 0.1) is 0 Å². The molecule has 0 spiro atoms. The quantitative estimate of drug-likeness (QED) is 0.370. The van der Waals surface area contributed by atoms with E-state index in [1.54, 1.807) is 18.2 Å². The highest BCUT2D eigenvalue weighted by Crippen LogP contribution is 2.30. The van der Waals surface area contributed by atoms with E-state index in [-0.39, 0.29) is 5.91 Å². The summed E-state index contributed by atoms with van der Waals surface area (Å²) >= 11 is 13.5. The third-order valence-electron chi connectivity index (χ3n) is 4.20. The molecule has 1 amide bonds. The second kappa shape index (κ2) is 8.23. The Balaban J connectivity index is 1.42. The molecule has 0 atom stereocenters. The Morgan fingerprint density at radius 1 is 0.964 bits per heavy atom. The lowest BCUT2D eigenvalue weighted by Crippen LogP contribution is -2.10. The summed E-state index contributed by atoms with van der Waals surface area (Å²) in [4.78, 5) is 13.0. The maximum absolute atomic E-state index is 12.5. The molecule has 0 unspecified atom stereocenters. The Morgan fingerprint density at radius 3 is 2.64 bits per heavy atom. The molecule has 0 aliphatic rings. The van der Waals surface area contributed by atoms with Gasteiger partial charge in [-0.3, -0.25) is 4.79 Å². The highest BCUT2D eigenvalue weighted by Gasteiger charge is 2.13. The number of carbonyl (C=O) groups excluding carboxylic acids is 1. The monoisotopic (exact) mass is 427 g/mol. The van der Waals surface area contributed by atoms with E-state index in [4.69, 9.17) is 27.9 Å². The summed E-state index contributed by atoms with van der Waals surface area (Å²) in [6.45, 7) is 0.389. The van der Waals surface area contributed by atoms with E-state index in [0.29, 0.717) is 27.2 Å². The maximum atomic E-state index is 12.5. The van der Waals surface area contributed by atoms with Crippen LogP contribution in [0.15, 0.2) is 72.1 Å². The molecule has 28 heavy (non-hydrogen) atoms. The number of hydrogen-bond acceptors (Lipinski definition) is 3. The van der Waals surface area contributed by atoms with Crippen LogP contribution in [0.1, 0.15) is 15.2 Å². The summed E-state index contributed by atoms with van der Waals surface area (Å²) in [6.07, 6.45) is 0. The lowest BCUT2D eigenvalue weighted by atomic mass is 10.1. The number of halogens is 2. The molecule has 1 heterocycles. The van der Waals surface area contributed by atoms with Gasteiger partial charge in [-0.05, 0) is 46.5 Å². The number of amides is 1. The molecule has 0 fully saturated rings. The highest BCUT2D eigenvalue weighted by molar-refractivity contribution is 7.12. The van der Waals surface area contributed by atoms with Crippen molar-refractivity contribution in [3.05, 3.63) is 92.6 Å². The van der Waals surface area contributed by atoms with E-state index in [1.807, 2.05) is 41.8 Å². The summed E-state index contributed by atoms with van der Waals surface area (Å²) in [5, 5.41) is 7.73. The van der Waals surface area contributed by atoms with Crippen molar-refractivity contribution in [2.45, 2.75) is 6.61 Å². The smallest absolute Gasteiger partial charge is 0.265 e. The van der Waals surface area contributed by atoms with E-state index >= 15 is 0 Å². The molecule has 0 bridgehead atoms. The minimum Gasteiger partial charge on any atom is -0.489 e. The van der Waals surface area contributed by atoms with Crippen LogP contribution in [0.2, 0.25) is 10.0 Å². The van der Waals surface area contributed by atoms with E-state index in [1.165, 1.54) is 16.7 Å². The zero-order chi connectivity index (χ0) is 19.5. The first-order chi connectivity index (χ1) is 13.6. The first-order valence-electron chi connectivity index (χ1n) is 8.54. The summed E-state index contributed by atoms with van der Waals surface area (Å²) in [6, 6.07) is 21.1. The van der Waals surface area contributed by atoms with E-state index in [2.05, 4.69) is 17.4 Å². The van der Waals surface area contributed by atoms with Gasteiger partial charge in [-0.15, -0.1) is 11.3 Å². The topological polar surface area (TPSA) is 38.3 Å². The first-order valence-corrected chi connectivity index (χ1v) is 10.2. The van der Waals surface area contributed by atoms with Crippen molar-refractivity contribution in [3.63, 3.8) is 0 Å². The van der Waals surface area contributed by atoms with Crippen LogP contribution < -0.4 is 10.1 Å². The number of anilines is 1. The molecule has 6 heteroatoms. The number of carbonyl (C=O) groups is 1. The number of ether oxygens (including phenoxy) is 1. The normalized spacial score (nSPS) is 10.8. The standard InChI is InChI=1S/C22H15Cl2NO2S/c23-18-6-3-7-19(21(18)24)25-22(26)20-10-14(13-28-20)12-27-17-9-8-15-4-1-2-5-16(15)11-17/h1-11,13H,12H2,(H,25,26). The van der Waals surface area contributed by atoms with Gasteiger partial charge in [0, 0.05) is 5.56 Å². The van der Waals surface area contributed by atoms with Crippen molar-refractivity contribution in [1.82, 2.24) is 0 Å². The Bertz CT molecular complexity index is 1160. The molecule has 4 aromatic rings. The van der Waals surface area contributed by atoms with Crippen LogP contribution >= 0.6 is 34.5 Å². The van der Waals surface area contributed by atoms with E-state index in [9.17, 15) is 4.79 Å². The third-order valence-corrected chi connectivity index (χ3v) is 6.00. The second-order valence-electron chi connectivity index (χ2n) is 6.17.